The number of aromatic nitrogens is 4. The van der Waals surface area contributed by atoms with Crippen molar-refractivity contribution in [1.29, 1.82) is 0 Å². The largest absolute Gasteiger partial charge is 0.493 e. The lowest BCUT2D eigenvalue weighted by Crippen LogP contribution is -2.17. The molecule has 1 aromatic heterocycles. The SMILES string of the molecule is COc1cccc(CNCCSc2nnnn2-c2ccccc2)c1OCc1ccc(C)cc1.Cl. The maximum absolute atomic E-state index is 6.17. The standard InChI is InChI=1S/C25H27N5O2S.ClH/c1-19-11-13-20(14-12-19)18-32-24-21(7-6-10-23(24)31-2)17-26-15-16-33-25-27-28-29-30(25)22-8-4-3-5-9-22;/h3-14,26H,15-18H2,1-2H3;1H. The third kappa shape index (κ3) is 6.72. The van der Waals surface area contributed by atoms with Crippen molar-refractivity contribution < 1.29 is 9.47 Å². The zero-order valence-electron chi connectivity index (χ0n) is 19.2. The van der Waals surface area contributed by atoms with Gasteiger partial charge in [-0.25, -0.2) is 0 Å². The smallest absolute Gasteiger partial charge is 0.214 e. The molecule has 34 heavy (non-hydrogen) atoms. The second-order valence-corrected chi connectivity index (χ2v) is 8.52. The molecule has 0 atom stereocenters. The predicted molar refractivity (Wildman–Crippen MR) is 137 cm³/mol. The highest BCUT2D eigenvalue weighted by molar-refractivity contribution is 7.99. The van der Waals surface area contributed by atoms with Crippen LogP contribution >= 0.6 is 24.2 Å². The summed E-state index contributed by atoms with van der Waals surface area (Å²) in [6.07, 6.45) is 0. The lowest BCUT2D eigenvalue weighted by atomic mass is 10.1. The molecule has 0 aliphatic heterocycles. The van der Waals surface area contributed by atoms with Gasteiger partial charge in [0.25, 0.3) is 0 Å². The third-order valence-corrected chi connectivity index (χ3v) is 5.97. The summed E-state index contributed by atoms with van der Waals surface area (Å²) in [4.78, 5) is 0. The first-order chi connectivity index (χ1) is 16.2. The van der Waals surface area contributed by atoms with Crippen molar-refractivity contribution in [2.75, 3.05) is 19.4 Å². The number of aryl methyl sites for hydroxylation is 1. The van der Waals surface area contributed by atoms with Crippen molar-refractivity contribution in [3.05, 3.63) is 89.5 Å². The molecule has 7 nitrogen and oxygen atoms in total. The van der Waals surface area contributed by atoms with Gasteiger partial charge in [0.05, 0.1) is 12.8 Å². The number of benzene rings is 3. The Morgan fingerprint density at radius 2 is 1.76 bits per heavy atom. The summed E-state index contributed by atoms with van der Waals surface area (Å²) < 4.78 is 13.5. The zero-order chi connectivity index (χ0) is 22.9. The average molecular weight is 498 g/mol. The Kier molecular flexibility index (Phi) is 9.75. The van der Waals surface area contributed by atoms with Gasteiger partial charge in [-0.15, -0.1) is 17.5 Å². The van der Waals surface area contributed by atoms with Crippen LogP contribution in [0.15, 0.2) is 78.0 Å². The Morgan fingerprint density at radius 1 is 0.971 bits per heavy atom. The maximum Gasteiger partial charge on any atom is 0.214 e. The molecule has 0 bridgehead atoms. The molecule has 4 rings (SSSR count). The molecule has 0 fully saturated rings. The number of hydrogen-bond donors (Lipinski definition) is 1. The Morgan fingerprint density at radius 3 is 2.53 bits per heavy atom. The average Bonchev–Trinajstić information content (AvgIpc) is 3.33. The maximum atomic E-state index is 6.17. The quantitative estimate of drug-likeness (QED) is 0.234. The van der Waals surface area contributed by atoms with E-state index in [9.17, 15) is 0 Å². The van der Waals surface area contributed by atoms with Crippen LogP contribution in [0, 0.1) is 6.92 Å². The van der Waals surface area contributed by atoms with Crippen LogP contribution in [0.4, 0.5) is 0 Å². The zero-order valence-corrected chi connectivity index (χ0v) is 20.8. The molecule has 0 radical (unpaired) electrons. The Balaban J connectivity index is 0.00000324. The van der Waals surface area contributed by atoms with E-state index in [0.717, 1.165) is 45.8 Å². The normalized spacial score (nSPS) is 10.5. The van der Waals surface area contributed by atoms with E-state index in [2.05, 4.69) is 58.1 Å². The number of methoxy groups -OCH3 is 1. The lowest BCUT2D eigenvalue weighted by Gasteiger charge is -2.16. The van der Waals surface area contributed by atoms with Crippen LogP contribution < -0.4 is 14.8 Å². The molecule has 0 saturated heterocycles. The van der Waals surface area contributed by atoms with Gasteiger partial charge in [-0.2, -0.15) is 4.68 Å². The van der Waals surface area contributed by atoms with Crippen LogP contribution in [0.5, 0.6) is 11.5 Å². The molecular weight excluding hydrogens is 470 g/mol. The van der Waals surface area contributed by atoms with E-state index in [1.165, 1.54) is 5.56 Å². The Hall–Kier alpha value is -3.07. The number of rotatable bonds is 11. The highest BCUT2D eigenvalue weighted by atomic mass is 35.5. The molecule has 0 saturated carbocycles. The number of nitrogens with one attached hydrogen (secondary N) is 1. The van der Waals surface area contributed by atoms with Crippen molar-refractivity contribution in [3.63, 3.8) is 0 Å². The number of ether oxygens (including phenoxy) is 2. The number of para-hydroxylation sites is 2. The highest BCUT2D eigenvalue weighted by Gasteiger charge is 2.12. The fourth-order valence-electron chi connectivity index (χ4n) is 3.30. The monoisotopic (exact) mass is 497 g/mol. The molecule has 4 aromatic rings. The van der Waals surface area contributed by atoms with Gasteiger partial charge in [0.2, 0.25) is 5.16 Å². The summed E-state index contributed by atoms with van der Waals surface area (Å²) in [6, 6.07) is 24.2. The van der Waals surface area contributed by atoms with Gasteiger partial charge in [-0.1, -0.05) is 71.9 Å². The Bertz CT molecular complexity index is 1160. The summed E-state index contributed by atoms with van der Waals surface area (Å²) in [5.41, 5.74) is 4.36. The lowest BCUT2D eigenvalue weighted by molar-refractivity contribution is 0.280. The van der Waals surface area contributed by atoms with Crippen LogP contribution in [-0.2, 0) is 13.2 Å². The summed E-state index contributed by atoms with van der Waals surface area (Å²) in [5, 5.41) is 16.3. The Labute approximate surface area is 210 Å². The highest BCUT2D eigenvalue weighted by Crippen LogP contribution is 2.32. The first-order valence-electron chi connectivity index (χ1n) is 10.8. The molecule has 0 amide bonds. The number of thioether (sulfide) groups is 1. The molecule has 0 unspecified atom stereocenters. The van der Waals surface area contributed by atoms with Crippen LogP contribution in [0.1, 0.15) is 16.7 Å². The molecule has 3 aromatic carbocycles. The number of tetrazole rings is 1. The number of halogens is 1. The predicted octanol–water partition coefficient (Wildman–Crippen LogP) is 4.86. The minimum absolute atomic E-state index is 0. The second-order valence-electron chi connectivity index (χ2n) is 7.46. The molecule has 0 spiro atoms. The van der Waals surface area contributed by atoms with E-state index in [4.69, 9.17) is 9.47 Å². The minimum Gasteiger partial charge on any atom is -0.493 e. The molecule has 0 aliphatic carbocycles. The number of hydrogen-bond acceptors (Lipinski definition) is 7. The van der Waals surface area contributed by atoms with Crippen molar-refractivity contribution >= 4 is 24.2 Å². The van der Waals surface area contributed by atoms with E-state index >= 15 is 0 Å². The molecular formula is C25H28ClN5O2S. The van der Waals surface area contributed by atoms with E-state index in [1.807, 2.05) is 42.5 Å². The van der Waals surface area contributed by atoms with Crippen LogP contribution in [0.2, 0.25) is 0 Å². The summed E-state index contributed by atoms with van der Waals surface area (Å²) in [6.45, 7) is 4.03. The van der Waals surface area contributed by atoms with E-state index in [1.54, 1.807) is 23.6 Å². The van der Waals surface area contributed by atoms with Gasteiger partial charge in [0.1, 0.15) is 6.61 Å². The van der Waals surface area contributed by atoms with Gasteiger partial charge < -0.3 is 14.8 Å². The first kappa shape index (κ1) is 25.6. The second kappa shape index (κ2) is 13.0. The minimum atomic E-state index is 0. The molecule has 178 valence electrons. The third-order valence-electron chi connectivity index (χ3n) is 5.05. The van der Waals surface area contributed by atoms with Crippen LogP contribution in [0.25, 0.3) is 5.69 Å². The topological polar surface area (TPSA) is 74.1 Å². The van der Waals surface area contributed by atoms with Gasteiger partial charge in [-0.05, 0) is 41.1 Å². The van der Waals surface area contributed by atoms with Crippen molar-refractivity contribution in [2.24, 2.45) is 0 Å². The van der Waals surface area contributed by atoms with Crippen LogP contribution in [0.3, 0.4) is 0 Å². The van der Waals surface area contributed by atoms with E-state index in [-0.39, 0.29) is 12.4 Å². The fourth-order valence-corrected chi connectivity index (χ4v) is 4.09. The van der Waals surface area contributed by atoms with Crippen molar-refractivity contribution in [3.8, 4) is 17.2 Å². The molecule has 1 heterocycles. The van der Waals surface area contributed by atoms with Gasteiger partial charge in [0, 0.05) is 24.4 Å². The van der Waals surface area contributed by atoms with E-state index < -0.39 is 0 Å². The molecule has 0 aliphatic rings. The van der Waals surface area contributed by atoms with Crippen molar-refractivity contribution in [1.82, 2.24) is 25.5 Å². The van der Waals surface area contributed by atoms with E-state index in [0.29, 0.717) is 13.2 Å². The van der Waals surface area contributed by atoms with Gasteiger partial charge >= 0.3 is 0 Å². The first-order valence-corrected chi connectivity index (χ1v) is 11.7. The summed E-state index contributed by atoms with van der Waals surface area (Å²) >= 11 is 1.61. The van der Waals surface area contributed by atoms with Crippen molar-refractivity contribution in [2.45, 2.75) is 25.2 Å². The number of nitrogens with zero attached hydrogens (tertiary/aromatic N) is 4. The van der Waals surface area contributed by atoms with Gasteiger partial charge in [-0.3, -0.25) is 0 Å². The summed E-state index contributed by atoms with van der Waals surface area (Å²) in [7, 11) is 1.67. The summed E-state index contributed by atoms with van der Waals surface area (Å²) in [5.74, 6) is 2.34. The molecule has 9 heteroatoms. The molecule has 1 N–H and O–H groups in total. The van der Waals surface area contributed by atoms with Gasteiger partial charge in [0.15, 0.2) is 11.5 Å². The fraction of sp³-hybridized carbons (Fsp3) is 0.240. The van der Waals surface area contributed by atoms with Crippen LogP contribution in [-0.4, -0.2) is 39.6 Å².